The molecule has 0 atom stereocenters. The summed E-state index contributed by atoms with van der Waals surface area (Å²) in [6, 6.07) is 10.5. The average molecular weight is 524 g/mol. The predicted octanol–water partition coefficient (Wildman–Crippen LogP) is 9.99. The summed E-state index contributed by atoms with van der Waals surface area (Å²) in [7, 11) is 0. The molecule has 0 saturated carbocycles. The first-order chi connectivity index (χ1) is 18.7. The second-order valence-electron chi connectivity index (χ2n) is 11.2. The molecule has 1 aromatic carbocycles. The van der Waals surface area contributed by atoms with E-state index in [0.717, 1.165) is 54.4 Å². The van der Waals surface area contributed by atoms with Gasteiger partial charge in [0.1, 0.15) is 5.75 Å². The zero-order chi connectivity index (χ0) is 26.8. The van der Waals surface area contributed by atoms with E-state index in [1.54, 1.807) is 0 Å². The molecule has 0 aliphatic carbocycles. The second-order valence-corrected chi connectivity index (χ2v) is 11.2. The van der Waals surface area contributed by atoms with Crippen LogP contribution in [-0.4, -0.2) is 24.8 Å². The van der Waals surface area contributed by atoms with Crippen molar-refractivity contribution in [2.24, 2.45) is 5.92 Å². The molecule has 1 aromatic heterocycles. The molecule has 0 amide bonds. The summed E-state index contributed by atoms with van der Waals surface area (Å²) >= 11 is 0. The van der Waals surface area contributed by atoms with Gasteiger partial charge in [-0.25, -0.2) is 0 Å². The zero-order valence-corrected chi connectivity index (χ0v) is 24.5. The van der Waals surface area contributed by atoms with Crippen LogP contribution in [0.1, 0.15) is 128 Å². The number of aromatic nitrogens is 1. The van der Waals surface area contributed by atoms with E-state index in [1.807, 2.05) is 6.20 Å². The molecule has 38 heavy (non-hydrogen) atoms. The molecule has 1 aliphatic heterocycles. The Bertz CT molecular complexity index is 874. The Kier molecular flexibility index (Phi) is 14.8. The van der Waals surface area contributed by atoms with E-state index in [-0.39, 0.29) is 6.29 Å². The molecule has 3 rings (SSSR count). The fraction of sp³-hybridized carbons (Fsp3) is 0.676. The van der Waals surface area contributed by atoms with Gasteiger partial charge in [0, 0.05) is 23.2 Å². The van der Waals surface area contributed by atoms with Crippen molar-refractivity contribution in [3.8, 4) is 17.0 Å². The zero-order valence-electron chi connectivity index (χ0n) is 24.5. The van der Waals surface area contributed by atoms with Gasteiger partial charge < -0.3 is 14.2 Å². The van der Waals surface area contributed by atoms with Crippen molar-refractivity contribution in [1.82, 2.24) is 4.98 Å². The van der Waals surface area contributed by atoms with E-state index >= 15 is 0 Å². The SMILES string of the molecule is CCCCCCCCCCOc1ccc(-c2ccc(C3OCC(CCCCCCCC)CO3)cn2)cc1C. The summed E-state index contributed by atoms with van der Waals surface area (Å²) < 4.78 is 18.2. The van der Waals surface area contributed by atoms with Crippen LogP contribution in [0, 0.1) is 12.8 Å². The Labute approximate surface area is 232 Å². The topological polar surface area (TPSA) is 40.6 Å². The summed E-state index contributed by atoms with van der Waals surface area (Å²) in [6.45, 7) is 9.01. The lowest BCUT2D eigenvalue weighted by Crippen LogP contribution is -2.27. The van der Waals surface area contributed by atoms with Crippen LogP contribution in [0.2, 0.25) is 0 Å². The highest BCUT2D eigenvalue weighted by Crippen LogP contribution is 2.30. The van der Waals surface area contributed by atoms with Crippen molar-refractivity contribution < 1.29 is 14.2 Å². The molecule has 4 heteroatoms. The fourth-order valence-electron chi connectivity index (χ4n) is 5.22. The number of hydrogen-bond donors (Lipinski definition) is 0. The first kappa shape index (κ1) is 30.6. The van der Waals surface area contributed by atoms with Gasteiger partial charge in [0.25, 0.3) is 0 Å². The lowest BCUT2D eigenvalue weighted by Gasteiger charge is -2.29. The number of rotatable bonds is 19. The number of nitrogens with zero attached hydrogens (tertiary/aromatic N) is 1. The molecule has 4 nitrogen and oxygen atoms in total. The van der Waals surface area contributed by atoms with Gasteiger partial charge in [-0.05, 0) is 49.6 Å². The third-order valence-corrected chi connectivity index (χ3v) is 7.72. The number of benzene rings is 1. The molecule has 0 unspecified atom stereocenters. The number of aryl methyl sites for hydroxylation is 1. The summed E-state index contributed by atoms with van der Waals surface area (Å²) in [4.78, 5) is 4.72. The highest BCUT2D eigenvalue weighted by Gasteiger charge is 2.23. The first-order valence-electron chi connectivity index (χ1n) is 15.6. The van der Waals surface area contributed by atoms with Gasteiger partial charge in [0.05, 0.1) is 25.5 Å². The van der Waals surface area contributed by atoms with E-state index in [4.69, 9.17) is 19.2 Å². The highest BCUT2D eigenvalue weighted by atomic mass is 16.7. The Morgan fingerprint density at radius 2 is 1.39 bits per heavy atom. The Morgan fingerprint density at radius 3 is 2.00 bits per heavy atom. The molecule has 212 valence electrons. The number of ether oxygens (including phenoxy) is 3. The van der Waals surface area contributed by atoms with E-state index in [1.165, 1.54) is 89.9 Å². The normalized spacial score (nSPS) is 17.6. The van der Waals surface area contributed by atoms with Gasteiger partial charge in [-0.2, -0.15) is 0 Å². The van der Waals surface area contributed by atoms with E-state index < -0.39 is 0 Å². The van der Waals surface area contributed by atoms with Gasteiger partial charge in [-0.3, -0.25) is 4.98 Å². The Balaban J connectivity index is 1.36. The molecule has 1 aliphatic rings. The molecule has 0 bridgehead atoms. The minimum absolute atomic E-state index is 0.300. The standard InChI is InChI=1S/C34H53NO3/c1-4-6-8-10-12-13-15-17-23-36-33-22-20-30(24-28(33)3)32-21-19-31(25-35-32)34-37-26-29(27-38-34)18-16-14-11-9-7-5-2/h19-22,24-25,29,34H,4-18,23,26-27H2,1-3H3. The van der Waals surface area contributed by atoms with Crippen molar-refractivity contribution >= 4 is 0 Å². The molecule has 1 fully saturated rings. The lowest BCUT2D eigenvalue weighted by molar-refractivity contribution is -0.206. The molecular formula is C34H53NO3. The van der Waals surface area contributed by atoms with Crippen LogP contribution >= 0.6 is 0 Å². The van der Waals surface area contributed by atoms with Crippen LogP contribution in [0.25, 0.3) is 11.3 Å². The Morgan fingerprint density at radius 1 is 0.763 bits per heavy atom. The molecule has 0 radical (unpaired) electrons. The molecule has 0 N–H and O–H groups in total. The molecule has 1 saturated heterocycles. The maximum absolute atomic E-state index is 6.07. The minimum atomic E-state index is -0.300. The molecular weight excluding hydrogens is 470 g/mol. The molecule has 0 spiro atoms. The van der Waals surface area contributed by atoms with Gasteiger partial charge in [0.2, 0.25) is 0 Å². The van der Waals surface area contributed by atoms with Gasteiger partial charge in [-0.15, -0.1) is 0 Å². The van der Waals surface area contributed by atoms with Crippen molar-refractivity contribution in [3.63, 3.8) is 0 Å². The summed E-state index contributed by atoms with van der Waals surface area (Å²) in [5.41, 5.74) is 4.22. The minimum Gasteiger partial charge on any atom is -0.493 e. The lowest BCUT2D eigenvalue weighted by atomic mass is 10.0. The first-order valence-corrected chi connectivity index (χ1v) is 15.6. The van der Waals surface area contributed by atoms with Crippen molar-refractivity contribution in [2.75, 3.05) is 19.8 Å². The summed E-state index contributed by atoms with van der Waals surface area (Å²) in [5, 5.41) is 0. The van der Waals surface area contributed by atoms with E-state index in [2.05, 4.69) is 51.1 Å². The van der Waals surface area contributed by atoms with Crippen LogP contribution in [0.5, 0.6) is 5.75 Å². The summed E-state index contributed by atoms with van der Waals surface area (Å²) in [6.07, 6.45) is 21.3. The van der Waals surface area contributed by atoms with Crippen molar-refractivity contribution in [2.45, 2.75) is 123 Å². The van der Waals surface area contributed by atoms with Gasteiger partial charge >= 0.3 is 0 Å². The van der Waals surface area contributed by atoms with Gasteiger partial charge in [-0.1, -0.05) is 103 Å². The van der Waals surface area contributed by atoms with Crippen LogP contribution < -0.4 is 4.74 Å². The van der Waals surface area contributed by atoms with E-state index in [9.17, 15) is 0 Å². The average Bonchev–Trinajstić information content (AvgIpc) is 2.95. The molecule has 2 heterocycles. The second kappa shape index (κ2) is 18.4. The number of pyridine rings is 1. The van der Waals surface area contributed by atoms with Crippen LogP contribution in [-0.2, 0) is 9.47 Å². The van der Waals surface area contributed by atoms with E-state index in [0.29, 0.717) is 5.92 Å². The Hall–Kier alpha value is -1.91. The maximum atomic E-state index is 6.07. The van der Waals surface area contributed by atoms with Crippen LogP contribution in [0.3, 0.4) is 0 Å². The molecule has 2 aromatic rings. The number of hydrogen-bond acceptors (Lipinski definition) is 4. The van der Waals surface area contributed by atoms with Crippen LogP contribution in [0.15, 0.2) is 36.5 Å². The third kappa shape index (κ3) is 11.1. The van der Waals surface area contributed by atoms with Crippen molar-refractivity contribution in [3.05, 3.63) is 47.7 Å². The highest BCUT2D eigenvalue weighted by molar-refractivity contribution is 5.62. The predicted molar refractivity (Wildman–Crippen MR) is 159 cm³/mol. The maximum Gasteiger partial charge on any atom is 0.185 e. The largest absolute Gasteiger partial charge is 0.493 e. The van der Waals surface area contributed by atoms with Crippen LogP contribution in [0.4, 0.5) is 0 Å². The fourth-order valence-corrected chi connectivity index (χ4v) is 5.22. The summed E-state index contributed by atoms with van der Waals surface area (Å²) in [5.74, 6) is 1.50. The third-order valence-electron chi connectivity index (χ3n) is 7.72. The smallest absolute Gasteiger partial charge is 0.185 e. The van der Waals surface area contributed by atoms with Crippen molar-refractivity contribution in [1.29, 1.82) is 0 Å². The quantitative estimate of drug-likeness (QED) is 0.172. The van der Waals surface area contributed by atoms with Gasteiger partial charge in [0.15, 0.2) is 6.29 Å². The monoisotopic (exact) mass is 523 g/mol. The number of unbranched alkanes of at least 4 members (excludes halogenated alkanes) is 12.